The lowest BCUT2D eigenvalue weighted by Gasteiger charge is -2.06. The van der Waals surface area contributed by atoms with Gasteiger partial charge in [-0.15, -0.1) is 22.0 Å². The molecule has 0 atom stereocenters. The molecule has 0 aliphatic rings. The first-order chi connectivity index (χ1) is 10.2. The summed E-state index contributed by atoms with van der Waals surface area (Å²) in [7, 11) is 0. The molecule has 1 aromatic heterocycles. The molecule has 0 aliphatic carbocycles. The molecule has 0 spiro atoms. The Hall–Kier alpha value is -1.05. The van der Waals surface area contributed by atoms with Gasteiger partial charge in [-0.05, 0) is 24.3 Å². The molecule has 0 unspecified atom stereocenters. The molecule has 2 aromatic rings. The number of aromatic nitrogens is 2. The Morgan fingerprint density at radius 1 is 1.24 bits per heavy atom. The van der Waals surface area contributed by atoms with Gasteiger partial charge in [-0.2, -0.15) is 0 Å². The van der Waals surface area contributed by atoms with Crippen LogP contribution in [0.3, 0.4) is 0 Å². The zero-order valence-electron chi connectivity index (χ0n) is 12.0. The van der Waals surface area contributed by atoms with Gasteiger partial charge in [-0.25, -0.2) is 0 Å². The van der Waals surface area contributed by atoms with Gasteiger partial charge < -0.3 is 0 Å². The van der Waals surface area contributed by atoms with Crippen LogP contribution in [0.5, 0.6) is 0 Å². The summed E-state index contributed by atoms with van der Waals surface area (Å²) in [5.74, 6) is 1.81. The van der Waals surface area contributed by atoms with Crippen LogP contribution >= 0.6 is 34.9 Å². The Bertz CT molecular complexity index is 601. The average Bonchev–Trinajstić information content (AvgIpc) is 2.93. The van der Waals surface area contributed by atoms with E-state index < -0.39 is 0 Å². The van der Waals surface area contributed by atoms with E-state index in [1.165, 1.54) is 11.3 Å². The predicted molar refractivity (Wildman–Crippen MR) is 91.7 cm³/mol. The number of thioether (sulfide) groups is 2. The summed E-state index contributed by atoms with van der Waals surface area (Å²) in [6.45, 7) is 4.19. The Kier molecular flexibility index (Phi) is 6.53. The predicted octanol–water partition coefficient (Wildman–Crippen LogP) is 4.40. The van der Waals surface area contributed by atoms with Gasteiger partial charge in [0.05, 0.1) is 5.56 Å². The maximum Gasteiger partial charge on any atom is 0.258 e. The minimum absolute atomic E-state index is 0.130. The summed E-state index contributed by atoms with van der Waals surface area (Å²) in [4.78, 5) is 13.3. The fourth-order valence-electron chi connectivity index (χ4n) is 1.61. The van der Waals surface area contributed by atoms with E-state index >= 15 is 0 Å². The van der Waals surface area contributed by atoms with Crippen LogP contribution in [-0.4, -0.2) is 27.6 Å². The lowest BCUT2D eigenvalue weighted by atomic mass is 10.2. The van der Waals surface area contributed by atoms with Gasteiger partial charge in [0, 0.05) is 10.6 Å². The summed E-state index contributed by atoms with van der Waals surface area (Å²) < 4.78 is 0.892. The van der Waals surface area contributed by atoms with Crippen LogP contribution < -0.4 is 5.32 Å². The zero-order valence-corrected chi connectivity index (χ0v) is 14.4. The van der Waals surface area contributed by atoms with Crippen molar-refractivity contribution in [3.8, 4) is 0 Å². The van der Waals surface area contributed by atoms with Gasteiger partial charge in [0.25, 0.3) is 5.91 Å². The van der Waals surface area contributed by atoms with E-state index in [1.807, 2.05) is 24.3 Å². The second kappa shape index (κ2) is 8.41. The number of hydrogen-bond donors (Lipinski definition) is 1. The third-order valence-electron chi connectivity index (χ3n) is 2.49. The Balaban J connectivity index is 2.05. The molecule has 21 heavy (non-hydrogen) atoms. The van der Waals surface area contributed by atoms with Crippen molar-refractivity contribution in [2.75, 3.05) is 16.8 Å². The highest BCUT2D eigenvalue weighted by Gasteiger charge is 2.13. The smallest absolute Gasteiger partial charge is 0.258 e. The molecule has 0 aliphatic heterocycles. The van der Waals surface area contributed by atoms with Crippen molar-refractivity contribution in [1.82, 2.24) is 10.2 Å². The Morgan fingerprint density at radius 2 is 2.05 bits per heavy atom. The molecule has 1 aromatic carbocycles. The van der Waals surface area contributed by atoms with E-state index in [0.29, 0.717) is 10.7 Å². The van der Waals surface area contributed by atoms with Crippen molar-refractivity contribution in [3.63, 3.8) is 0 Å². The third-order valence-corrected chi connectivity index (χ3v) is 5.62. The molecule has 1 N–H and O–H groups in total. The van der Waals surface area contributed by atoms with Crippen LogP contribution in [0.1, 0.15) is 30.6 Å². The lowest BCUT2D eigenvalue weighted by molar-refractivity contribution is 0.102. The van der Waals surface area contributed by atoms with Crippen molar-refractivity contribution in [3.05, 3.63) is 29.8 Å². The molecule has 1 amide bonds. The van der Waals surface area contributed by atoms with Gasteiger partial charge in [0.1, 0.15) is 0 Å². The largest absolute Gasteiger partial charge is 0.296 e. The first kappa shape index (κ1) is 16.3. The molecule has 0 radical (unpaired) electrons. The summed E-state index contributed by atoms with van der Waals surface area (Å²) in [5.41, 5.74) is 0.683. The first-order valence-corrected chi connectivity index (χ1v) is 9.52. The molecule has 4 nitrogen and oxygen atoms in total. The average molecular weight is 340 g/mol. The lowest BCUT2D eigenvalue weighted by Crippen LogP contribution is -2.12. The summed E-state index contributed by atoms with van der Waals surface area (Å²) in [6.07, 6.45) is 1.09. The summed E-state index contributed by atoms with van der Waals surface area (Å²) >= 11 is 4.74. The maximum absolute atomic E-state index is 12.3. The number of amides is 1. The molecule has 112 valence electrons. The van der Waals surface area contributed by atoms with Crippen LogP contribution in [0.25, 0.3) is 0 Å². The molecular weight excluding hydrogens is 322 g/mol. The van der Waals surface area contributed by atoms with Crippen molar-refractivity contribution >= 4 is 45.9 Å². The number of rotatable bonds is 7. The van der Waals surface area contributed by atoms with Crippen molar-refractivity contribution in [2.24, 2.45) is 0 Å². The minimum Gasteiger partial charge on any atom is -0.296 e. The number of anilines is 1. The number of nitrogens with zero attached hydrogens (tertiary/aromatic N) is 2. The van der Waals surface area contributed by atoms with Crippen LogP contribution in [0.4, 0.5) is 5.13 Å². The van der Waals surface area contributed by atoms with Crippen LogP contribution in [0.2, 0.25) is 0 Å². The van der Waals surface area contributed by atoms with E-state index in [9.17, 15) is 4.79 Å². The minimum atomic E-state index is -0.130. The second-order valence-electron chi connectivity index (χ2n) is 4.10. The van der Waals surface area contributed by atoms with Crippen LogP contribution in [0, 0.1) is 0 Å². The van der Waals surface area contributed by atoms with E-state index in [-0.39, 0.29) is 5.91 Å². The SMILES string of the molecule is CCCSc1nnc(NC(=O)c2ccccc2SCC)s1. The fourth-order valence-corrected chi connectivity index (χ4v) is 4.08. The van der Waals surface area contributed by atoms with E-state index in [4.69, 9.17) is 0 Å². The van der Waals surface area contributed by atoms with E-state index in [0.717, 1.165) is 27.2 Å². The monoisotopic (exact) mass is 339 g/mol. The summed E-state index contributed by atoms with van der Waals surface area (Å²) in [5, 5.41) is 11.5. The van der Waals surface area contributed by atoms with Crippen molar-refractivity contribution < 1.29 is 4.79 Å². The first-order valence-electron chi connectivity index (χ1n) is 6.74. The fraction of sp³-hybridized carbons (Fsp3) is 0.357. The number of benzene rings is 1. The van der Waals surface area contributed by atoms with Crippen molar-refractivity contribution in [1.29, 1.82) is 0 Å². The topological polar surface area (TPSA) is 54.9 Å². The van der Waals surface area contributed by atoms with Crippen LogP contribution in [-0.2, 0) is 0 Å². The molecule has 1 heterocycles. The third kappa shape index (κ3) is 4.72. The normalized spacial score (nSPS) is 10.6. The van der Waals surface area contributed by atoms with E-state index in [2.05, 4.69) is 29.4 Å². The second-order valence-corrected chi connectivity index (χ2v) is 7.73. The molecule has 0 saturated heterocycles. The maximum atomic E-state index is 12.3. The highest BCUT2D eigenvalue weighted by molar-refractivity contribution is 8.01. The van der Waals surface area contributed by atoms with Gasteiger partial charge in [-0.1, -0.05) is 49.1 Å². The van der Waals surface area contributed by atoms with Gasteiger partial charge >= 0.3 is 0 Å². The number of carbonyl (C=O) groups excluding carboxylic acids is 1. The molecule has 7 heteroatoms. The molecule has 0 fully saturated rings. The highest BCUT2D eigenvalue weighted by atomic mass is 32.2. The quantitative estimate of drug-likeness (QED) is 0.598. The standard InChI is InChI=1S/C14H17N3OS3/c1-3-9-20-14-17-16-13(21-14)15-12(18)10-7-5-6-8-11(10)19-4-2/h5-8H,3-4,9H2,1-2H3,(H,15,16,18). The Morgan fingerprint density at radius 3 is 2.81 bits per heavy atom. The molecule has 0 saturated carbocycles. The highest BCUT2D eigenvalue weighted by Crippen LogP contribution is 2.27. The summed E-state index contributed by atoms with van der Waals surface area (Å²) in [6, 6.07) is 7.61. The van der Waals surface area contributed by atoms with Gasteiger partial charge in [0.15, 0.2) is 4.34 Å². The van der Waals surface area contributed by atoms with E-state index in [1.54, 1.807) is 23.5 Å². The van der Waals surface area contributed by atoms with Gasteiger partial charge in [0.2, 0.25) is 5.13 Å². The number of carbonyl (C=O) groups is 1. The van der Waals surface area contributed by atoms with Crippen LogP contribution in [0.15, 0.2) is 33.5 Å². The molecule has 2 rings (SSSR count). The Labute approximate surface area is 137 Å². The van der Waals surface area contributed by atoms with Crippen molar-refractivity contribution in [2.45, 2.75) is 29.5 Å². The molecule has 0 bridgehead atoms. The number of hydrogen-bond acceptors (Lipinski definition) is 6. The zero-order chi connectivity index (χ0) is 15.1. The van der Waals surface area contributed by atoms with Gasteiger partial charge in [-0.3, -0.25) is 10.1 Å². The number of nitrogens with one attached hydrogen (secondary N) is 1. The molecular formula is C14H17N3OS3.